The molecule has 6 aromatic carbocycles. The van der Waals surface area contributed by atoms with Gasteiger partial charge in [0.25, 0.3) is 0 Å². The number of rotatable bonds is 6. The predicted octanol–water partition coefficient (Wildman–Crippen LogP) is 14.8. The number of aromatic nitrogens is 2. The smallest absolute Gasteiger partial charge is 0.135 e. The van der Waals surface area contributed by atoms with Crippen LogP contribution in [-0.4, -0.2) is 9.55 Å². The molecule has 0 fully saturated rings. The number of nitrogens with zero attached hydrogens (tertiary/aromatic N) is 4. The van der Waals surface area contributed by atoms with Crippen molar-refractivity contribution in [3.8, 4) is 28.4 Å². The summed E-state index contributed by atoms with van der Waals surface area (Å²) in [5.41, 5.74) is 10.7. The second-order valence-corrected chi connectivity index (χ2v) is 18.9. The third kappa shape index (κ3) is 8.01. The van der Waals surface area contributed by atoms with Crippen LogP contribution in [0.15, 0.2) is 133 Å². The maximum absolute atomic E-state index is 8.58. The standard InChI is InChI=1S/C55H53N4O.Pt/c1-36-27-52(56-34-47(36)37-17-12-11-13-18-37)59-48-22-15-14-21-45(48)46-25-24-44(33-50(46)59)60-43-20-16-19-41(32-43)57-35-58(51-31-38(53(2,3)4)23-26-49(51)57)42-29-39(54(5,6)7)28-40(30-42)55(8,9)10;/h11-31,34-35H,1-10H3;/q-3;/i11D,12D,13D,17D,18D;. The van der Waals surface area contributed by atoms with E-state index in [1.807, 2.05) is 66.1 Å². The SMILES string of the molecule is [2H]c1c([2H])c([2H])c(-c2cnc(-n3c4[c-]c(Oc5[c-]c(N6[CH-]N(c7cc(C(C)(C)C)cc(C(C)(C)C)c7)c7cc(C(C)(C)C)ccc76)ccc5)ccc4c4ccccc43)cc2C)c([2H])c1[2H].[Pt]. The molecule has 1 aliphatic rings. The van der Waals surface area contributed by atoms with Crippen LogP contribution in [0.1, 0.15) is 91.4 Å². The first-order valence-corrected chi connectivity index (χ1v) is 20.5. The van der Waals surface area contributed by atoms with E-state index < -0.39 is 6.04 Å². The zero-order chi connectivity index (χ0) is 46.5. The molecule has 0 spiro atoms. The molecule has 0 amide bonds. The Kier molecular flexibility index (Phi) is 9.27. The second kappa shape index (κ2) is 15.7. The molecule has 9 rings (SSSR count). The predicted molar refractivity (Wildman–Crippen MR) is 250 cm³/mol. The summed E-state index contributed by atoms with van der Waals surface area (Å²) in [6, 6.07) is 39.0. The summed E-state index contributed by atoms with van der Waals surface area (Å²) in [4.78, 5) is 9.33. The Balaban J connectivity index is 0.00000592. The minimum atomic E-state index is -0.428. The third-order valence-electron chi connectivity index (χ3n) is 11.4. The maximum Gasteiger partial charge on any atom is 0.135 e. The minimum Gasteiger partial charge on any atom is -0.509 e. The van der Waals surface area contributed by atoms with E-state index in [1.165, 1.54) is 16.7 Å². The number of hydrogen-bond acceptors (Lipinski definition) is 4. The fourth-order valence-electron chi connectivity index (χ4n) is 7.88. The molecule has 312 valence electrons. The molecule has 0 aliphatic carbocycles. The maximum atomic E-state index is 8.58. The first-order chi connectivity index (χ1) is 30.6. The Hall–Kier alpha value is -5.64. The van der Waals surface area contributed by atoms with Gasteiger partial charge in [-0.3, -0.25) is 0 Å². The van der Waals surface area contributed by atoms with Gasteiger partial charge in [0.2, 0.25) is 0 Å². The number of fused-ring (bicyclic) bond motifs is 4. The van der Waals surface area contributed by atoms with E-state index in [2.05, 4.69) is 133 Å². The van der Waals surface area contributed by atoms with Crippen molar-refractivity contribution in [3.63, 3.8) is 0 Å². The average Bonchev–Trinajstić information content (AvgIpc) is 3.80. The fraction of sp³-hybridized carbons (Fsp3) is 0.236. The molecule has 0 saturated carbocycles. The topological polar surface area (TPSA) is 33.5 Å². The Bertz CT molecular complexity index is 3150. The first-order valence-electron chi connectivity index (χ1n) is 23.0. The molecule has 6 heteroatoms. The van der Waals surface area contributed by atoms with Crippen LogP contribution in [-0.2, 0) is 37.3 Å². The normalized spacial score (nSPS) is 14.3. The summed E-state index contributed by atoms with van der Waals surface area (Å²) >= 11 is 0. The van der Waals surface area contributed by atoms with Crippen LogP contribution < -0.4 is 14.5 Å². The number of aryl methyl sites for hydroxylation is 1. The minimum absolute atomic E-state index is 0. The number of hydrogen-bond donors (Lipinski definition) is 0. The average molecular weight is 986 g/mol. The quantitative estimate of drug-likeness (QED) is 0.156. The van der Waals surface area contributed by atoms with Crippen molar-refractivity contribution in [2.45, 2.75) is 85.5 Å². The molecular weight excluding hydrogens is 928 g/mol. The van der Waals surface area contributed by atoms with Crippen LogP contribution in [0.25, 0.3) is 38.8 Å². The summed E-state index contributed by atoms with van der Waals surface area (Å²) < 4.78 is 50.3. The molecule has 2 aromatic heterocycles. The summed E-state index contributed by atoms with van der Waals surface area (Å²) in [7, 11) is 0. The van der Waals surface area contributed by atoms with Crippen LogP contribution in [0, 0.1) is 25.7 Å². The van der Waals surface area contributed by atoms with Crippen molar-refractivity contribution < 1.29 is 32.7 Å². The van der Waals surface area contributed by atoms with E-state index in [-0.39, 0.29) is 67.0 Å². The molecule has 3 heterocycles. The molecule has 61 heavy (non-hydrogen) atoms. The summed E-state index contributed by atoms with van der Waals surface area (Å²) in [6.07, 6.45) is 1.59. The number of pyridine rings is 1. The molecular formula is C55H53N4OPt-3. The molecule has 0 radical (unpaired) electrons. The molecule has 0 N–H and O–H groups in total. The van der Waals surface area contributed by atoms with Gasteiger partial charge in [-0.25, -0.2) is 4.98 Å². The van der Waals surface area contributed by atoms with Gasteiger partial charge >= 0.3 is 0 Å². The van der Waals surface area contributed by atoms with Crippen LogP contribution in [0.2, 0.25) is 0 Å². The Labute approximate surface area is 383 Å². The van der Waals surface area contributed by atoms with Gasteiger partial charge in [0.05, 0.1) is 6.85 Å². The van der Waals surface area contributed by atoms with Gasteiger partial charge in [0, 0.05) is 66.9 Å². The van der Waals surface area contributed by atoms with E-state index in [0.717, 1.165) is 44.6 Å². The van der Waals surface area contributed by atoms with Crippen molar-refractivity contribution in [3.05, 3.63) is 175 Å². The van der Waals surface area contributed by atoms with Gasteiger partial charge in [-0.1, -0.05) is 128 Å². The van der Waals surface area contributed by atoms with Crippen molar-refractivity contribution in [1.29, 1.82) is 0 Å². The monoisotopic (exact) mass is 985 g/mol. The zero-order valence-electron chi connectivity index (χ0n) is 41.4. The van der Waals surface area contributed by atoms with Crippen molar-refractivity contribution in [2.24, 2.45) is 0 Å². The van der Waals surface area contributed by atoms with Crippen LogP contribution in [0.4, 0.5) is 22.7 Å². The van der Waals surface area contributed by atoms with Crippen LogP contribution in [0.3, 0.4) is 0 Å². The molecule has 8 aromatic rings. The Morgan fingerprint density at radius 3 is 2.02 bits per heavy atom. The Morgan fingerprint density at radius 1 is 0.639 bits per heavy atom. The van der Waals surface area contributed by atoms with E-state index >= 15 is 0 Å². The number of para-hydroxylation sites is 1. The molecule has 0 unspecified atom stereocenters. The van der Waals surface area contributed by atoms with Crippen LogP contribution >= 0.6 is 0 Å². The van der Waals surface area contributed by atoms with Gasteiger partial charge in [-0.2, -0.15) is 12.1 Å². The van der Waals surface area contributed by atoms with Crippen molar-refractivity contribution >= 4 is 44.6 Å². The molecule has 0 saturated heterocycles. The van der Waals surface area contributed by atoms with E-state index in [0.29, 0.717) is 28.4 Å². The van der Waals surface area contributed by atoms with Gasteiger partial charge in [-0.15, -0.1) is 48.1 Å². The van der Waals surface area contributed by atoms with Crippen molar-refractivity contribution in [1.82, 2.24) is 9.55 Å². The summed E-state index contributed by atoms with van der Waals surface area (Å²) in [5.74, 6) is 1.62. The number of benzene rings is 6. The van der Waals surface area contributed by atoms with E-state index in [1.54, 1.807) is 6.20 Å². The van der Waals surface area contributed by atoms with E-state index in [9.17, 15) is 0 Å². The van der Waals surface area contributed by atoms with Crippen molar-refractivity contribution in [2.75, 3.05) is 9.80 Å². The molecule has 0 atom stereocenters. The third-order valence-corrected chi connectivity index (χ3v) is 11.4. The second-order valence-electron chi connectivity index (χ2n) is 18.9. The summed E-state index contributed by atoms with van der Waals surface area (Å²) in [5, 5.41) is 1.97. The number of ether oxygens (including phenoxy) is 1. The first kappa shape index (κ1) is 36.1. The Morgan fingerprint density at radius 2 is 1.33 bits per heavy atom. The van der Waals surface area contributed by atoms with Gasteiger partial charge < -0.3 is 19.1 Å². The van der Waals surface area contributed by atoms with Gasteiger partial charge in [0.15, 0.2) is 0 Å². The molecule has 1 aliphatic heterocycles. The van der Waals surface area contributed by atoms with Crippen LogP contribution in [0.5, 0.6) is 11.5 Å². The van der Waals surface area contributed by atoms with Gasteiger partial charge in [0.1, 0.15) is 5.82 Å². The fourth-order valence-corrected chi connectivity index (χ4v) is 7.88. The largest absolute Gasteiger partial charge is 0.509 e. The molecule has 0 bridgehead atoms. The van der Waals surface area contributed by atoms with E-state index in [4.69, 9.17) is 16.6 Å². The summed E-state index contributed by atoms with van der Waals surface area (Å²) in [6.45, 7) is 24.4. The van der Waals surface area contributed by atoms with Gasteiger partial charge in [-0.05, 0) is 92.8 Å². The number of anilines is 4. The zero-order valence-corrected chi connectivity index (χ0v) is 38.7. The molecule has 5 nitrogen and oxygen atoms in total.